The number of hydrogen-bond acceptors (Lipinski definition) is 3. The van der Waals surface area contributed by atoms with Gasteiger partial charge in [-0.15, -0.1) is 0 Å². The maximum absolute atomic E-state index is 10.5. The second-order valence-electron chi connectivity index (χ2n) is 3.49. The molecule has 0 bridgehead atoms. The first kappa shape index (κ1) is 10.4. The molecule has 0 fully saturated rings. The molecule has 82 valence electrons. The van der Waals surface area contributed by atoms with Crippen molar-refractivity contribution in [2.75, 3.05) is 0 Å². The molecule has 0 aliphatic rings. The molecule has 0 atom stereocenters. The van der Waals surface area contributed by atoms with Gasteiger partial charge in [-0.3, -0.25) is 4.79 Å². The highest BCUT2D eigenvalue weighted by Crippen LogP contribution is 2.16. The molecule has 0 aliphatic heterocycles. The van der Waals surface area contributed by atoms with Crippen LogP contribution < -0.4 is 0 Å². The highest BCUT2D eigenvalue weighted by atomic mass is 16.4. The molecule has 5 heteroatoms. The molecule has 2 aromatic rings. The van der Waals surface area contributed by atoms with Crippen LogP contribution >= 0.6 is 0 Å². The van der Waals surface area contributed by atoms with Crippen LogP contribution in [0.5, 0.6) is 0 Å². The Hall–Kier alpha value is -2.17. The van der Waals surface area contributed by atoms with Crippen LogP contribution in [-0.4, -0.2) is 25.6 Å². The van der Waals surface area contributed by atoms with Crippen LogP contribution in [0.15, 0.2) is 30.7 Å². The van der Waals surface area contributed by atoms with Crippen molar-refractivity contribution in [3.8, 4) is 11.3 Å². The fourth-order valence-corrected chi connectivity index (χ4v) is 1.44. The molecule has 5 nitrogen and oxygen atoms in total. The zero-order chi connectivity index (χ0) is 11.5. The Morgan fingerprint density at radius 2 is 2.31 bits per heavy atom. The lowest BCUT2D eigenvalue weighted by Gasteiger charge is -1.99. The minimum Gasteiger partial charge on any atom is -0.481 e. The van der Waals surface area contributed by atoms with Crippen LogP contribution in [0, 0.1) is 0 Å². The third kappa shape index (κ3) is 2.25. The lowest BCUT2D eigenvalue weighted by Crippen LogP contribution is -2.04. The van der Waals surface area contributed by atoms with E-state index in [1.54, 1.807) is 12.3 Å². The van der Waals surface area contributed by atoms with E-state index in [9.17, 15) is 4.79 Å². The largest absolute Gasteiger partial charge is 0.481 e. The van der Waals surface area contributed by atoms with Gasteiger partial charge in [-0.05, 0) is 12.1 Å². The smallest absolute Gasteiger partial charge is 0.311 e. The molecule has 0 amide bonds. The molecular formula is C11H11N3O2. The molecule has 0 radical (unpaired) electrons. The first-order valence-corrected chi connectivity index (χ1v) is 4.81. The molecular weight excluding hydrogens is 206 g/mol. The Balaban J connectivity index is 2.32. The number of aryl methyl sites for hydroxylation is 1. The van der Waals surface area contributed by atoms with Gasteiger partial charge < -0.3 is 9.67 Å². The van der Waals surface area contributed by atoms with Crippen molar-refractivity contribution in [1.82, 2.24) is 14.5 Å². The molecule has 0 aromatic carbocycles. The maximum Gasteiger partial charge on any atom is 0.311 e. The molecule has 2 rings (SSSR count). The third-order valence-corrected chi connectivity index (χ3v) is 2.14. The van der Waals surface area contributed by atoms with Gasteiger partial charge in [0.05, 0.1) is 5.69 Å². The number of carboxylic acid groups (broad SMARTS) is 1. The van der Waals surface area contributed by atoms with E-state index in [4.69, 9.17) is 5.11 Å². The quantitative estimate of drug-likeness (QED) is 0.836. The summed E-state index contributed by atoms with van der Waals surface area (Å²) in [6.07, 6.45) is 5.26. The minimum absolute atomic E-state index is 0.152. The van der Waals surface area contributed by atoms with Crippen LogP contribution in [0.1, 0.15) is 5.82 Å². The Morgan fingerprint density at radius 3 is 2.94 bits per heavy atom. The van der Waals surface area contributed by atoms with Gasteiger partial charge >= 0.3 is 5.97 Å². The summed E-state index contributed by atoms with van der Waals surface area (Å²) in [6, 6.07) is 3.69. The predicted molar refractivity (Wildman–Crippen MR) is 57.8 cm³/mol. The Morgan fingerprint density at radius 1 is 1.50 bits per heavy atom. The van der Waals surface area contributed by atoms with E-state index in [1.807, 2.05) is 30.1 Å². The summed E-state index contributed by atoms with van der Waals surface area (Å²) in [5, 5.41) is 8.65. The van der Waals surface area contributed by atoms with Gasteiger partial charge in [-0.25, -0.2) is 9.97 Å². The zero-order valence-corrected chi connectivity index (χ0v) is 8.79. The number of hydrogen-bond donors (Lipinski definition) is 1. The second-order valence-corrected chi connectivity index (χ2v) is 3.49. The Kier molecular flexibility index (Phi) is 2.68. The average Bonchev–Trinajstić information content (AvgIpc) is 2.64. The van der Waals surface area contributed by atoms with Crippen LogP contribution in [0.2, 0.25) is 0 Å². The summed E-state index contributed by atoms with van der Waals surface area (Å²) < 4.78 is 1.91. The van der Waals surface area contributed by atoms with E-state index in [2.05, 4.69) is 9.97 Å². The second kappa shape index (κ2) is 4.14. The lowest BCUT2D eigenvalue weighted by atomic mass is 10.2. The van der Waals surface area contributed by atoms with Crippen LogP contribution in [-0.2, 0) is 18.3 Å². The van der Waals surface area contributed by atoms with Crippen molar-refractivity contribution in [1.29, 1.82) is 0 Å². The zero-order valence-electron chi connectivity index (χ0n) is 8.79. The van der Waals surface area contributed by atoms with E-state index in [0.29, 0.717) is 5.82 Å². The van der Waals surface area contributed by atoms with Gasteiger partial charge in [0.2, 0.25) is 0 Å². The van der Waals surface area contributed by atoms with Crippen LogP contribution in [0.3, 0.4) is 0 Å². The van der Waals surface area contributed by atoms with E-state index >= 15 is 0 Å². The monoisotopic (exact) mass is 217 g/mol. The molecule has 0 saturated heterocycles. The number of rotatable bonds is 3. The summed E-state index contributed by atoms with van der Waals surface area (Å²) in [4.78, 5) is 18.6. The number of aliphatic carboxylic acids is 1. The van der Waals surface area contributed by atoms with E-state index in [-0.39, 0.29) is 6.42 Å². The van der Waals surface area contributed by atoms with Crippen molar-refractivity contribution in [2.24, 2.45) is 7.05 Å². The summed E-state index contributed by atoms with van der Waals surface area (Å²) >= 11 is 0. The van der Waals surface area contributed by atoms with E-state index < -0.39 is 5.97 Å². The molecule has 2 heterocycles. The fraction of sp³-hybridized carbons (Fsp3) is 0.182. The van der Waals surface area contributed by atoms with Gasteiger partial charge in [0.15, 0.2) is 0 Å². The van der Waals surface area contributed by atoms with Crippen molar-refractivity contribution in [3.63, 3.8) is 0 Å². The highest BCUT2D eigenvalue weighted by Gasteiger charge is 2.06. The van der Waals surface area contributed by atoms with Gasteiger partial charge in [0.1, 0.15) is 12.2 Å². The molecule has 0 spiro atoms. The summed E-state index contributed by atoms with van der Waals surface area (Å²) in [6.45, 7) is 0. The molecule has 0 unspecified atom stereocenters. The minimum atomic E-state index is -0.926. The fourth-order valence-electron chi connectivity index (χ4n) is 1.44. The third-order valence-electron chi connectivity index (χ3n) is 2.14. The number of carboxylic acids is 1. The van der Waals surface area contributed by atoms with Crippen molar-refractivity contribution < 1.29 is 9.90 Å². The van der Waals surface area contributed by atoms with Crippen LogP contribution in [0.25, 0.3) is 11.3 Å². The first-order chi connectivity index (χ1) is 7.65. The molecule has 1 N–H and O–H groups in total. The Bertz CT molecular complexity index is 519. The topological polar surface area (TPSA) is 68.0 Å². The van der Waals surface area contributed by atoms with Crippen molar-refractivity contribution in [3.05, 3.63) is 36.5 Å². The van der Waals surface area contributed by atoms with Crippen LogP contribution in [0.4, 0.5) is 0 Å². The highest BCUT2D eigenvalue weighted by molar-refractivity contribution is 5.69. The van der Waals surface area contributed by atoms with Crippen molar-refractivity contribution >= 4 is 5.97 Å². The number of carbonyl (C=O) groups is 1. The average molecular weight is 217 g/mol. The molecule has 0 aliphatic carbocycles. The Labute approximate surface area is 92.4 Å². The standard InChI is InChI=1S/C11H11N3O2/c1-14-5-3-8(7-14)9-2-4-12-10(13-9)6-11(15)16/h2-5,7H,6H2,1H3,(H,15,16). The summed E-state index contributed by atoms with van der Waals surface area (Å²) in [5.41, 5.74) is 1.70. The van der Waals surface area contributed by atoms with Crippen molar-refractivity contribution in [2.45, 2.75) is 6.42 Å². The van der Waals surface area contributed by atoms with E-state index in [0.717, 1.165) is 11.3 Å². The van der Waals surface area contributed by atoms with E-state index in [1.165, 1.54) is 0 Å². The van der Waals surface area contributed by atoms with Gasteiger partial charge in [0.25, 0.3) is 0 Å². The predicted octanol–water partition coefficient (Wildman–Crippen LogP) is 1.11. The summed E-state index contributed by atoms with van der Waals surface area (Å²) in [7, 11) is 1.92. The summed E-state index contributed by atoms with van der Waals surface area (Å²) in [5.74, 6) is -0.598. The maximum atomic E-state index is 10.5. The van der Waals surface area contributed by atoms with Gasteiger partial charge in [-0.2, -0.15) is 0 Å². The number of nitrogens with zero attached hydrogens (tertiary/aromatic N) is 3. The van der Waals surface area contributed by atoms with Gasteiger partial charge in [-0.1, -0.05) is 0 Å². The van der Waals surface area contributed by atoms with Gasteiger partial charge in [0, 0.05) is 31.2 Å². The first-order valence-electron chi connectivity index (χ1n) is 4.81. The number of aromatic nitrogens is 3. The SMILES string of the molecule is Cn1ccc(-c2ccnc(CC(=O)O)n2)c1. The molecule has 2 aromatic heterocycles. The molecule has 16 heavy (non-hydrogen) atoms. The molecule has 0 saturated carbocycles. The lowest BCUT2D eigenvalue weighted by molar-refractivity contribution is -0.136. The normalized spacial score (nSPS) is 10.3.